The lowest BCUT2D eigenvalue weighted by molar-refractivity contribution is 0.0176. The zero-order valence-electron chi connectivity index (χ0n) is 16.4. The molecule has 1 heterocycles. The van der Waals surface area contributed by atoms with E-state index in [1.807, 2.05) is 13.8 Å². The molecule has 1 aliphatic rings. The van der Waals surface area contributed by atoms with Gasteiger partial charge in [0.15, 0.2) is 0 Å². The van der Waals surface area contributed by atoms with Crippen molar-refractivity contribution in [2.75, 3.05) is 12.3 Å². The van der Waals surface area contributed by atoms with Gasteiger partial charge in [-0.2, -0.15) is 0 Å². The average Bonchev–Trinajstić information content (AvgIpc) is 2.55. The normalized spacial score (nSPS) is 23.3. The number of aliphatic hydroxyl groups is 1. The van der Waals surface area contributed by atoms with Crippen LogP contribution in [-0.2, 0) is 15.7 Å². The number of hydrogen-bond donors (Lipinski definition) is 3. The second-order valence-corrected chi connectivity index (χ2v) is 9.99. The van der Waals surface area contributed by atoms with E-state index >= 15 is 0 Å². The molecule has 0 bridgehead atoms. The molecule has 8 heteroatoms. The number of rotatable bonds is 9. The van der Waals surface area contributed by atoms with E-state index in [0.717, 1.165) is 38.3 Å². The third kappa shape index (κ3) is 7.44. The standard InChI is InChI=1S/C19H32FN3O3S/c1-14(2)13-27(25,26)23-18-6-4-15(5-7-18)8-9-22-19(3,24)16-10-17(20)12-21-11-16/h10-12,14-15,18,22-24H,4-9,13H2,1-3H3. The lowest BCUT2D eigenvalue weighted by Crippen LogP contribution is -2.42. The van der Waals surface area contributed by atoms with Crippen molar-refractivity contribution in [2.45, 2.75) is 64.6 Å². The van der Waals surface area contributed by atoms with Crippen molar-refractivity contribution in [1.82, 2.24) is 15.0 Å². The monoisotopic (exact) mass is 401 g/mol. The first kappa shape index (κ1) is 22.2. The molecule has 2 rings (SSSR count). The van der Waals surface area contributed by atoms with E-state index < -0.39 is 21.6 Å². The van der Waals surface area contributed by atoms with Gasteiger partial charge in [0.2, 0.25) is 10.0 Å². The van der Waals surface area contributed by atoms with Gasteiger partial charge < -0.3 is 5.11 Å². The molecule has 0 aromatic carbocycles. The van der Waals surface area contributed by atoms with E-state index in [1.165, 1.54) is 12.3 Å². The first-order valence-corrected chi connectivity index (χ1v) is 11.3. The third-order valence-corrected chi connectivity index (χ3v) is 6.83. The van der Waals surface area contributed by atoms with Crippen LogP contribution in [-0.4, -0.2) is 36.8 Å². The molecule has 0 amide bonds. The van der Waals surface area contributed by atoms with Gasteiger partial charge in [-0.1, -0.05) is 13.8 Å². The van der Waals surface area contributed by atoms with Crippen molar-refractivity contribution in [3.8, 4) is 0 Å². The molecular weight excluding hydrogens is 369 g/mol. The summed E-state index contributed by atoms with van der Waals surface area (Å²) in [5.74, 6) is 0.296. The van der Waals surface area contributed by atoms with Crippen molar-refractivity contribution in [3.05, 3.63) is 29.8 Å². The molecule has 3 N–H and O–H groups in total. The Labute approximate surface area is 162 Å². The molecular formula is C19H32FN3O3S. The summed E-state index contributed by atoms with van der Waals surface area (Å²) in [6.45, 7) is 5.98. The number of sulfonamides is 1. The Bertz CT molecular complexity index is 702. The predicted octanol–water partition coefficient (Wildman–Crippen LogP) is 2.50. The van der Waals surface area contributed by atoms with Crippen LogP contribution < -0.4 is 10.0 Å². The van der Waals surface area contributed by atoms with E-state index in [1.54, 1.807) is 6.92 Å². The van der Waals surface area contributed by atoms with Gasteiger partial charge in [0.1, 0.15) is 11.5 Å². The van der Waals surface area contributed by atoms with Crippen LogP contribution in [0.25, 0.3) is 0 Å². The summed E-state index contributed by atoms with van der Waals surface area (Å²) < 4.78 is 40.2. The van der Waals surface area contributed by atoms with Gasteiger partial charge >= 0.3 is 0 Å². The fourth-order valence-electron chi connectivity index (χ4n) is 3.61. The molecule has 1 fully saturated rings. The maximum Gasteiger partial charge on any atom is 0.212 e. The lowest BCUT2D eigenvalue weighted by atomic mass is 9.84. The van der Waals surface area contributed by atoms with E-state index in [-0.39, 0.29) is 17.7 Å². The van der Waals surface area contributed by atoms with E-state index in [2.05, 4.69) is 15.0 Å². The van der Waals surface area contributed by atoms with E-state index in [9.17, 15) is 17.9 Å². The lowest BCUT2D eigenvalue weighted by Gasteiger charge is -2.31. The highest BCUT2D eigenvalue weighted by molar-refractivity contribution is 7.89. The minimum Gasteiger partial charge on any atom is -0.372 e. The number of nitrogens with one attached hydrogen (secondary N) is 2. The highest BCUT2D eigenvalue weighted by atomic mass is 32.2. The molecule has 27 heavy (non-hydrogen) atoms. The Morgan fingerprint density at radius 1 is 1.30 bits per heavy atom. The van der Waals surface area contributed by atoms with E-state index in [4.69, 9.17) is 0 Å². The number of halogens is 1. The molecule has 6 nitrogen and oxygen atoms in total. The highest BCUT2D eigenvalue weighted by Crippen LogP contribution is 2.27. The number of hydrogen-bond acceptors (Lipinski definition) is 5. The molecule has 0 aliphatic heterocycles. The fourth-order valence-corrected chi connectivity index (χ4v) is 5.33. The summed E-state index contributed by atoms with van der Waals surface area (Å²) in [5, 5.41) is 13.5. The highest BCUT2D eigenvalue weighted by Gasteiger charge is 2.27. The minimum absolute atomic E-state index is 0.0273. The third-order valence-electron chi connectivity index (χ3n) is 5.03. The maximum atomic E-state index is 13.3. The molecule has 1 aliphatic carbocycles. The molecule has 1 unspecified atom stereocenters. The molecule has 0 saturated heterocycles. The molecule has 154 valence electrons. The molecule has 1 aromatic heterocycles. The number of nitrogens with zero attached hydrogens (tertiary/aromatic N) is 1. The predicted molar refractivity (Wildman–Crippen MR) is 104 cm³/mol. The summed E-state index contributed by atoms with van der Waals surface area (Å²) in [5.41, 5.74) is -0.940. The van der Waals surface area contributed by atoms with Crippen LogP contribution in [0.4, 0.5) is 4.39 Å². The van der Waals surface area contributed by atoms with Gasteiger partial charge in [0, 0.05) is 17.8 Å². The van der Waals surface area contributed by atoms with Crippen LogP contribution in [0.2, 0.25) is 0 Å². The molecule has 0 radical (unpaired) electrons. The smallest absolute Gasteiger partial charge is 0.212 e. The van der Waals surface area contributed by atoms with Crippen LogP contribution >= 0.6 is 0 Å². The SMILES string of the molecule is CC(C)CS(=O)(=O)NC1CCC(CCNC(C)(O)c2cncc(F)c2)CC1. The Hall–Kier alpha value is -1.09. The number of pyridine rings is 1. The quantitative estimate of drug-likeness (QED) is 0.553. The minimum atomic E-state index is -3.20. The van der Waals surface area contributed by atoms with Gasteiger partial charge in [-0.15, -0.1) is 0 Å². The number of aromatic nitrogens is 1. The topological polar surface area (TPSA) is 91.3 Å². The van der Waals surface area contributed by atoms with Gasteiger partial charge in [-0.25, -0.2) is 17.5 Å². The second-order valence-electron chi connectivity index (χ2n) is 8.19. The van der Waals surface area contributed by atoms with Crippen LogP contribution in [0, 0.1) is 17.7 Å². The van der Waals surface area contributed by atoms with Crippen LogP contribution in [0.1, 0.15) is 58.4 Å². The summed E-state index contributed by atoms with van der Waals surface area (Å²) in [6.07, 6.45) is 7.03. The van der Waals surface area contributed by atoms with Crippen molar-refractivity contribution in [3.63, 3.8) is 0 Å². The maximum absolute atomic E-state index is 13.3. The average molecular weight is 402 g/mol. The fraction of sp³-hybridized carbons (Fsp3) is 0.737. The van der Waals surface area contributed by atoms with Crippen molar-refractivity contribution in [1.29, 1.82) is 0 Å². The van der Waals surface area contributed by atoms with Gasteiger partial charge in [-0.3, -0.25) is 10.3 Å². The molecule has 1 aromatic rings. The first-order chi connectivity index (χ1) is 12.6. The van der Waals surface area contributed by atoms with Crippen LogP contribution in [0.15, 0.2) is 18.5 Å². The second kappa shape index (κ2) is 9.41. The molecule has 0 spiro atoms. The van der Waals surface area contributed by atoms with Gasteiger partial charge in [-0.05, 0) is 63.5 Å². The summed E-state index contributed by atoms with van der Waals surface area (Å²) in [6, 6.07) is 1.30. The Balaban J connectivity index is 1.73. The van der Waals surface area contributed by atoms with Crippen molar-refractivity contribution >= 4 is 10.0 Å². The summed E-state index contributed by atoms with van der Waals surface area (Å²) >= 11 is 0. The summed E-state index contributed by atoms with van der Waals surface area (Å²) in [4.78, 5) is 3.77. The van der Waals surface area contributed by atoms with Crippen molar-refractivity contribution < 1.29 is 17.9 Å². The van der Waals surface area contributed by atoms with Crippen molar-refractivity contribution in [2.24, 2.45) is 11.8 Å². The molecule has 1 saturated carbocycles. The first-order valence-electron chi connectivity index (χ1n) is 9.66. The Kier molecular flexibility index (Phi) is 7.73. The largest absolute Gasteiger partial charge is 0.372 e. The van der Waals surface area contributed by atoms with Gasteiger partial charge in [0.25, 0.3) is 0 Å². The Morgan fingerprint density at radius 3 is 2.56 bits per heavy atom. The molecule has 1 atom stereocenters. The van der Waals surface area contributed by atoms with E-state index in [0.29, 0.717) is 18.0 Å². The van der Waals surface area contributed by atoms with Gasteiger partial charge in [0.05, 0.1) is 11.9 Å². The van der Waals surface area contributed by atoms with Crippen LogP contribution in [0.5, 0.6) is 0 Å². The van der Waals surface area contributed by atoms with Crippen LogP contribution in [0.3, 0.4) is 0 Å². The summed E-state index contributed by atoms with van der Waals surface area (Å²) in [7, 11) is -3.20. The zero-order valence-corrected chi connectivity index (χ0v) is 17.2. The Morgan fingerprint density at radius 2 is 1.96 bits per heavy atom. The zero-order chi connectivity index (χ0) is 20.1.